The number of hydrogen-bond acceptors (Lipinski definition) is 3. The van der Waals surface area contributed by atoms with Crippen molar-refractivity contribution in [2.24, 2.45) is 23.2 Å². The van der Waals surface area contributed by atoms with Gasteiger partial charge in [-0.3, -0.25) is 4.79 Å². The summed E-state index contributed by atoms with van der Waals surface area (Å²) in [4.78, 5) is 13.3. The molecule has 4 nitrogen and oxygen atoms in total. The van der Waals surface area contributed by atoms with Gasteiger partial charge in [-0.25, -0.2) is 0 Å². The highest BCUT2D eigenvalue weighted by Gasteiger charge is 2.78. The molecule has 4 fully saturated rings. The van der Waals surface area contributed by atoms with Crippen LogP contribution in [0.1, 0.15) is 12.0 Å². The Balaban J connectivity index is 1.69. The molecule has 2 saturated heterocycles. The predicted octanol–water partition coefficient (Wildman–Crippen LogP) is 1.69. The monoisotopic (exact) mass is 308 g/mol. The van der Waals surface area contributed by atoms with Crippen LogP contribution >= 0.6 is 0 Å². The second kappa shape index (κ2) is 3.70. The lowest BCUT2D eigenvalue weighted by molar-refractivity contribution is -0.152. The summed E-state index contributed by atoms with van der Waals surface area (Å²) in [6, 6.07) is 8.55. The van der Waals surface area contributed by atoms with Gasteiger partial charge in [0.2, 0.25) is 5.91 Å². The topological polar surface area (TPSA) is 50.4 Å². The Morgan fingerprint density at radius 3 is 3.09 bits per heavy atom. The highest BCUT2D eigenvalue weighted by Crippen LogP contribution is 2.71. The van der Waals surface area contributed by atoms with Gasteiger partial charge in [0, 0.05) is 35.5 Å². The maximum Gasteiger partial charge on any atom is 0.238 e. The second-order valence-corrected chi connectivity index (χ2v) is 7.90. The molecule has 3 heterocycles. The SMILES string of the molecule is C=CC12CNC3C4COC(CC41)C1(C(=O)Nc4ccccc41)C32. The molecule has 4 heteroatoms. The van der Waals surface area contributed by atoms with E-state index in [1.54, 1.807) is 0 Å². The Morgan fingerprint density at radius 1 is 1.35 bits per heavy atom. The van der Waals surface area contributed by atoms with Crippen LogP contribution in [0, 0.1) is 23.2 Å². The van der Waals surface area contributed by atoms with Gasteiger partial charge in [-0.05, 0) is 24.0 Å². The first-order chi connectivity index (χ1) is 11.2. The average molecular weight is 308 g/mol. The lowest BCUT2D eigenvalue weighted by Gasteiger charge is -2.54. The zero-order chi connectivity index (χ0) is 15.4. The fraction of sp³-hybridized carbons (Fsp3) is 0.526. The fourth-order valence-corrected chi connectivity index (χ4v) is 6.91. The molecular formula is C19H20N2O2. The second-order valence-electron chi connectivity index (χ2n) is 7.90. The predicted molar refractivity (Wildman–Crippen MR) is 86.0 cm³/mol. The number of carbonyl (C=O) groups is 1. The van der Waals surface area contributed by atoms with Crippen LogP contribution in [-0.2, 0) is 14.9 Å². The molecule has 2 aliphatic carbocycles. The van der Waals surface area contributed by atoms with E-state index < -0.39 is 5.41 Å². The minimum atomic E-state index is -0.555. The maximum absolute atomic E-state index is 13.3. The molecule has 2 saturated carbocycles. The quantitative estimate of drug-likeness (QED) is 0.776. The summed E-state index contributed by atoms with van der Waals surface area (Å²) < 4.78 is 6.27. The van der Waals surface area contributed by atoms with Crippen LogP contribution < -0.4 is 10.6 Å². The van der Waals surface area contributed by atoms with Crippen molar-refractivity contribution in [3.63, 3.8) is 0 Å². The summed E-state index contributed by atoms with van der Waals surface area (Å²) in [7, 11) is 0. The zero-order valence-corrected chi connectivity index (χ0v) is 12.9. The van der Waals surface area contributed by atoms with Crippen LogP contribution in [0.2, 0.25) is 0 Å². The Kier molecular flexibility index (Phi) is 2.05. The molecule has 0 aromatic heterocycles. The van der Waals surface area contributed by atoms with E-state index in [0.717, 1.165) is 30.8 Å². The molecule has 118 valence electrons. The summed E-state index contributed by atoms with van der Waals surface area (Å²) >= 11 is 0. The van der Waals surface area contributed by atoms with E-state index in [1.165, 1.54) is 0 Å². The summed E-state index contributed by atoms with van der Waals surface area (Å²) in [6.45, 7) is 5.93. The molecule has 1 aromatic carbocycles. The van der Waals surface area contributed by atoms with Crippen molar-refractivity contribution >= 4 is 11.6 Å². The molecule has 7 atom stereocenters. The minimum Gasteiger partial charge on any atom is -0.376 e. The van der Waals surface area contributed by atoms with Crippen molar-refractivity contribution in [2.75, 3.05) is 18.5 Å². The zero-order valence-electron chi connectivity index (χ0n) is 12.9. The number of rotatable bonds is 1. The third kappa shape index (κ3) is 1.09. The van der Waals surface area contributed by atoms with Gasteiger partial charge in [-0.1, -0.05) is 24.3 Å². The number of piperidine rings is 1. The van der Waals surface area contributed by atoms with Crippen molar-refractivity contribution in [2.45, 2.75) is 24.0 Å². The fourth-order valence-electron chi connectivity index (χ4n) is 6.91. The molecule has 6 rings (SSSR count). The number of carbonyl (C=O) groups excluding carboxylic acids is 1. The molecule has 23 heavy (non-hydrogen) atoms. The maximum atomic E-state index is 13.3. The van der Waals surface area contributed by atoms with Crippen molar-refractivity contribution in [3.8, 4) is 0 Å². The highest BCUT2D eigenvalue weighted by molar-refractivity contribution is 6.07. The Labute approximate surface area is 135 Å². The molecule has 5 bridgehead atoms. The van der Waals surface area contributed by atoms with E-state index in [4.69, 9.17) is 4.74 Å². The van der Waals surface area contributed by atoms with E-state index in [-0.39, 0.29) is 23.3 Å². The van der Waals surface area contributed by atoms with E-state index in [0.29, 0.717) is 17.9 Å². The molecule has 1 amide bonds. The number of ether oxygens (including phenoxy) is 1. The molecule has 1 aromatic rings. The number of hydrogen-bond donors (Lipinski definition) is 2. The Bertz CT molecular complexity index is 761. The normalized spacial score (nSPS) is 51.1. The standard InChI is InChI=1S/C19H20N2O2/c1-2-18-9-20-15-10-8-23-14(7-12(10)18)19(16(15)18)11-5-3-4-6-13(11)21-17(19)22/h2-6,10,12,14-16,20H,1,7-9H2,(H,21,22). The van der Waals surface area contributed by atoms with E-state index >= 15 is 0 Å². The van der Waals surface area contributed by atoms with Gasteiger partial charge >= 0.3 is 0 Å². The first kappa shape index (κ1) is 12.7. The molecule has 2 N–H and O–H groups in total. The van der Waals surface area contributed by atoms with Crippen molar-refractivity contribution in [3.05, 3.63) is 42.5 Å². The van der Waals surface area contributed by atoms with Crippen LogP contribution in [0.4, 0.5) is 5.69 Å². The van der Waals surface area contributed by atoms with Crippen LogP contribution in [0.5, 0.6) is 0 Å². The van der Waals surface area contributed by atoms with Crippen molar-refractivity contribution < 1.29 is 9.53 Å². The van der Waals surface area contributed by atoms with Gasteiger partial charge in [0.25, 0.3) is 0 Å². The van der Waals surface area contributed by atoms with Crippen LogP contribution in [0.3, 0.4) is 0 Å². The Morgan fingerprint density at radius 2 is 2.22 bits per heavy atom. The molecule has 0 radical (unpaired) electrons. The molecule has 7 unspecified atom stereocenters. The summed E-state index contributed by atoms with van der Waals surface area (Å²) in [6.07, 6.45) is 3.13. The first-order valence-electron chi connectivity index (χ1n) is 8.63. The van der Waals surface area contributed by atoms with Crippen LogP contribution in [0.15, 0.2) is 36.9 Å². The summed E-state index contributed by atoms with van der Waals surface area (Å²) in [5, 5.41) is 6.87. The molecule has 1 spiro atoms. The van der Waals surface area contributed by atoms with E-state index in [1.807, 2.05) is 18.2 Å². The lowest BCUT2D eigenvalue weighted by Crippen LogP contribution is -2.62. The number of amides is 1. The third-order valence-corrected chi connectivity index (χ3v) is 7.58. The van der Waals surface area contributed by atoms with Gasteiger partial charge in [0.1, 0.15) is 5.41 Å². The van der Waals surface area contributed by atoms with Crippen molar-refractivity contribution in [1.82, 2.24) is 5.32 Å². The van der Waals surface area contributed by atoms with Gasteiger partial charge < -0.3 is 15.4 Å². The van der Waals surface area contributed by atoms with Crippen LogP contribution in [0.25, 0.3) is 0 Å². The number of para-hydroxylation sites is 1. The number of nitrogens with one attached hydrogen (secondary N) is 2. The molecule has 5 aliphatic rings. The minimum absolute atomic E-state index is 0.00428. The van der Waals surface area contributed by atoms with Gasteiger partial charge in [-0.2, -0.15) is 0 Å². The van der Waals surface area contributed by atoms with E-state index in [2.05, 4.69) is 29.4 Å². The van der Waals surface area contributed by atoms with Crippen molar-refractivity contribution in [1.29, 1.82) is 0 Å². The molecule has 3 aliphatic heterocycles. The summed E-state index contributed by atoms with van der Waals surface area (Å²) in [5.41, 5.74) is 1.58. The van der Waals surface area contributed by atoms with Gasteiger partial charge in [0.15, 0.2) is 0 Å². The summed E-state index contributed by atoms with van der Waals surface area (Å²) in [5.74, 6) is 1.52. The van der Waals surface area contributed by atoms with Gasteiger partial charge in [-0.15, -0.1) is 6.58 Å². The van der Waals surface area contributed by atoms with Gasteiger partial charge in [0.05, 0.1) is 12.7 Å². The number of anilines is 1. The van der Waals surface area contributed by atoms with Crippen LogP contribution in [-0.4, -0.2) is 31.2 Å². The smallest absolute Gasteiger partial charge is 0.238 e. The number of benzene rings is 1. The Hall–Kier alpha value is -1.65. The van der Waals surface area contributed by atoms with E-state index in [9.17, 15) is 4.79 Å². The largest absolute Gasteiger partial charge is 0.376 e. The highest BCUT2D eigenvalue weighted by atomic mass is 16.5. The third-order valence-electron chi connectivity index (χ3n) is 7.58. The lowest BCUT2D eigenvalue weighted by atomic mass is 9.51. The number of fused-ring (bicyclic) bond motifs is 5. The first-order valence-corrected chi connectivity index (χ1v) is 8.63. The molecular weight excluding hydrogens is 288 g/mol. The average Bonchev–Trinajstić information content (AvgIpc) is 3.13.